The number of aromatic amines is 1. The summed E-state index contributed by atoms with van der Waals surface area (Å²) >= 11 is 0. The second kappa shape index (κ2) is 6.50. The maximum absolute atomic E-state index is 12.8. The van der Waals surface area contributed by atoms with Crippen LogP contribution in [0.15, 0.2) is 24.3 Å². The molecule has 2 aromatic rings. The van der Waals surface area contributed by atoms with Crippen molar-refractivity contribution in [3.8, 4) is 11.4 Å². The Morgan fingerprint density at radius 3 is 3.00 bits per heavy atom. The van der Waals surface area contributed by atoms with Crippen molar-refractivity contribution in [1.82, 2.24) is 20.1 Å². The molecule has 3 rings (SSSR count). The summed E-state index contributed by atoms with van der Waals surface area (Å²) in [5.41, 5.74) is 7.54. The first-order chi connectivity index (χ1) is 11.0. The summed E-state index contributed by atoms with van der Waals surface area (Å²) < 4.78 is 0. The second-order valence-electron chi connectivity index (χ2n) is 6.34. The number of carbonyl (C=O) groups excluding carboxylic acids is 1. The number of hydrogen-bond donors (Lipinski definition) is 2. The Morgan fingerprint density at radius 1 is 1.48 bits per heavy atom. The van der Waals surface area contributed by atoms with E-state index in [4.69, 9.17) is 5.73 Å². The first-order valence-corrected chi connectivity index (χ1v) is 8.09. The molecule has 0 saturated carbocycles. The number of benzene rings is 1. The summed E-state index contributed by atoms with van der Waals surface area (Å²) in [6.07, 6.45) is 2.11. The quantitative estimate of drug-likeness (QED) is 0.907. The van der Waals surface area contributed by atoms with E-state index in [2.05, 4.69) is 15.2 Å². The van der Waals surface area contributed by atoms with Crippen LogP contribution in [0.4, 0.5) is 0 Å². The molecule has 1 saturated heterocycles. The monoisotopic (exact) mass is 313 g/mol. The van der Waals surface area contributed by atoms with Crippen molar-refractivity contribution in [1.29, 1.82) is 0 Å². The number of nitrogens with two attached hydrogens (primary N) is 1. The van der Waals surface area contributed by atoms with Gasteiger partial charge in [-0.25, -0.2) is 4.98 Å². The van der Waals surface area contributed by atoms with Crippen molar-refractivity contribution in [2.24, 2.45) is 11.7 Å². The number of rotatable bonds is 3. The number of aryl methyl sites for hydroxylation is 1. The molecule has 1 aromatic carbocycles. The highest BCUT2D eigenvalue weighted by atomic mass is 16.2. The normalized spacial score (nSPS) is 19.6. The molecule has 0 spiro atoms. The molecule has 2 heterocycles. The van der Waals surface area contributed by atoms with Gasteiger partial charge in [0.05, 0.1) is 0 Å². The van der Waals surface area contributed by atoms with Crippen LogP contribution in [0.25, 0.3) is 11.4 Å². The number of nitrogens with one attached hydrogen (secondary N) is 1. The SMILES string of the molecule is Cc1nc(-c2cccc(C(=O)N3CCC[C@@H]([C@@H](C)N)C3)c2)n[nH]1. The number of aromatic nitrogens is 3. The molecule has 23 heavy (non-hydrogen) atoms. The fraction of sp³-hybridized carbons (Fsp3) is 0.471. The van der Waals surface area contributed by atoms with Gasteiger partial charge in [-0.05, 0) is 44.7 Å². The summed E-state index contributed by atoms with van der Waals surface area (Å²) in [6, 6.07) is 7.62. The van der Waals surface area contributed by atoms with E-state index in [1.54, 1.807) is 0 Å². The van der Waals surface area contributed by atoms with Crippen LogP contribution < -0.4 is 5.73 Å². The van der Waals surface area contributed by atoms with Crippen molar-refractivity contribution in [2.75, 3.05) is 13.1 Å². The third-order valence-corrected chi connectivity index (χ3v) is 4.45. The number of hydrogen-bond acceptors (Lipinski definition) is 4. The molecule has 0 unspecified atom stereocenters. The van der Waals surface area contributed by atoms with E-state index >= 15 is 0 Å². The Morgan fingerprint density at radius 2 is 2.30 bits per heavy atom. The van der Waals surface area contributed by atoms with Gasteiger partial charge in [0.15, 0.2) is 5.82 Å². The Kier molecular flexibility index (Phi) is 4.43. The maximum atomic E-state index is 12.8. The molecule has 122 valence electrons. The Hall–Kier alpha value is -2.21. The fourth-order valence-corrected chi connectivity index (χ4v) is 3.07. The number of piperidine rings is 1. The molecule has 2 atom stereocenters. The Balaban J connectivity index is 1.80. The van der Waals surface area contributed by atoms with Crippen LogP contribution in [0.3, 0.4) is 0 Å². The lowest BCUT2D eigenvalue weighted by Crippen LogP contribution is -2.45. The van der Waals surface area contributed by atoms with Crippen LogP contribution in [0.1, 0.15) is 35.9 Å². The summed E-state index contributed by atoms with van der Waals surface area (Å²) in [5, 5.41) is 6.98. The van der Waals surface area contributed by atoms with E-state index in [9.17, 15) is 4.79 Å². The first kappa shape index (κ1) is 15.7. The zero-order valence-corrected chi connectivity index (χ0v) is 13.6. The van der Waals surface area contributed by atoms with Crippen molar-refractivity contribution in [3.05, 3.63) is 35.7 Å². The minimum absolute atomic E-state index is 0.0597. The van der Waals surface area contributed by atoms with Gasteiger partial charge in [-0.15, -0.1) is 0 Å². The van der Waals surface area contributed by atoms with Gasteiger partial charge in [0.25, 0.3) is 5.91 Å². The van der Waals surface area contributed by atoms with Gasteiger partial charge in [-0.1, -0.05) is 12.1 Å². The Labute approximate surface area is 136 Å². The maximum Gasteiger partial charge on any atom is 0.253 e. The molecule has 1 fully saturated rings. The molecule has 0 radical (unpaired) electrons. The highest BCUT2D eigenvalue weighted by Gasteiger charge is 2.26. The highest BCUT2D eigenvalue weighted by molar-refractivity contribution is 5.95. The summed E-state index contributed by atoms with van der Waals surface area (Å²) in [5.74, 6) is 1.81. The van der Waals surface area contributed by atoms with E-state index in [1.165, 1.54) is 0 Å². The topological polar surface area (TPSA) is 87.9 Å². The van der Waals surface area contributed by atoms with E-state index in [0.717, 1.165) is 37.3 Å². The molecule has 1 aromatic heterocycles. The molecule has 6 nitrogen and oxygen atoms in total. The molecule has 1 aliphatic rings. The first-order valence-electron chi connectivity index (χ1n) is 8.09. The van der Waals surface area contributed by atoms with Gasteiger partial charge < -0.3 is 10.6 Å². The Bertz CT molecular complexity index is 694. The molecule has 0 bridgehead atoms. The van der Waals surface area contributed by atoms with Gasteiger partial charge in [-0.2, -0.15) is 5.10 Å². The molecule has 1 amide bonds. The lowest BCUT2D eigenvalue weighted by atomic mass is 9.92. The van der Waals surface area contributed by atoms with Crippen LogP contribution in [0.5, 0.6) is 0 Å². The smallest absolute Gasteiger partial charge is 0.253 e. The molecular weight excluding hydrogens is 290 g/mol. The van der Waals surface area contributed by atoms with Gasteiger partial charge in [0.2, 0.25) is 0 Å². The molecule has 3 N–H and O–H groups in total. The van der Waals surface area contributed by atoms with Gasteiger partial charge >= 0.3 is 0 Å². The van der Waals surface area contributed by atoms with Crippen LogP contribution in [-0.2, 0) is 0 Å². The molecule has 6 heteroatoms. The predicted octanol–water partition coefficient (Wildman–Crippen LogP) is 1.98. The van der Waals surface area contributed by atoms with Gasteiger partial charge in [-0.3, -0.25) is 9.89 Å². The minimum atomic E-state index is 0.0597. The van der Waals surface area contributed by atoms with Crippen molar-refractivity contribution in [2.45, 2.75) is 32.7 Å². The molecular formula is C17H23N5O. The van der Waals surface area contributed by atoms with Crippen molar-refractivity contribution < 1.29 is 4.79 Å². The van der Waals surface area contributed by atoms with Crippen LogP contribution in [0, 0.1) is 12.8 Å². The molecule has 0 aliphatic carbocycles. The predicted molar refractivity (Wildman–Crippen MR) is 88.8 cm³/mol. The summed E-state index contributed by atoms with van der Waals surface area (Å²) in [7, 11) is 0. The zero-order valence-electron chi connectivity index (χ0n) is 13.6. The lowest BCUT2D eigenvalue weighted by molar-refractivity contribution is 0.0661. The van der Waals surface area contributed by atoms with Crippen LogP contribution in [-0.4, -0.2) is 45.1 Å². The number of H-pyrrole nitrogens is 1. The molecule has 1 aliphatic heterocycles. The fourth-order valence-electron chi connectivity index (χ4n) is 3.07. The zero-order chi connectivity index (χ0) is 16.4. The van der Waals surface area contributed by atoms with Crippen molar-refractivity contribution in [3.63, 3.8) is 0 Å². The van der Waals surface area contributed by atoms with E-state index in [0.29, 0.717) is 17.3 Å². The number of nitrogens with zero attached hydrogens (tertiary/aromatic N) is 3. The van der Waals surface area contributed by atoms with Crippen LogP contribution >= 0.6 is 0 Å². The van der Waals surface area contributed by atoms with Gasteiger partial charge in [0.1, 0.15) is 5.82 Å². The summed E-state index contributed by atoms with van der Waals surface area (Å²) in [6.45, 7) is 5.41. The third kappa shape index (κ3) is 3.42. The standard InChI is InChI=1S/C17H23N5O/c1-11(18)15-7-4-8-22(10-15)17(23)14-6-3-5-13(9-14)16-19-12(2)20-21-16/h3,5-6,9,11,15H,4,7-8,10,18H2,1-2H3,(H,19,20,21)/t11-,15-/m1/s1. The largest absolute Gasteiger partial charge is 0.338 e. The van der Waals surface area contributed by atoms with Crippen molar-refractivity contribution >= 4 is 5.91 Å². The number of likely N-dealkylation sites (tertiary alicyclic amines) is 1. The van der Waals surface area contributed by atoms with E-state index < -0.39 is 0 Å². The lowest BCUT2D eigenvalue weighted by Gasteiger charge is -2.34. The minimum Gasteiger partial charge on any atom is -0.338 e. The van der Waals surface area contributed by atoms with E-state index in [1.807, 2.05) is 43.0 Å². The highest BCUT2D eigenvalue weighted by Crippen LogP contribution is 2.22. The average Bonchev–Trinajstić information content (AvgIpc) is 3.01. The average molecular weight is 313 g/mol. The second-order valence-corrected chi connectivity index (χ2v) is 6.34. The summed E-state index contributed by atoms with van der Waals surface area (Å²) in [4.78, 5) is 19.0. The number of carbonyl (C=O) groups is 1. The van der Waals surface area contributed by atoms with Crippen LogP contribution in [0.2, 0.25) is 0 Å². The van der Waals surface area contributed by atoms with E-state index in [-0.39, 0.29) is 11.9 Å². The third-order valence-electron chi connectivity index (χ3n) is 4.45. The number of amides is 1. The van der Waals surface area contributed by atoms with Gasteiger partial charge in [0, 0.05) is 30.3 Å².